The topological polar surface area (TPSA) is 89.0 Å². The van der Waals surface area contributed by atoms with Gasteiger partial charge in [-0.2, -0.15) is 0 Å². The molecule has 34 heavy (non-hydrogen) atoms. The molecule has 1 N–H and O–H groups in total. The highest BCUT2D eigenvalue weighted by atomic mass is 35.5. The van der Waals surface area contributed by atoms with Gasteiger partial charge in [0, 0.05) is 17.7 Å². The van der Waals surface area contributed by atoms with Gasteiger partial charge < -0.3 is 19.5 Å². The van der Waals surface area contributed by atoms with Crippen LogP contribution in [0.25, 0.3) is 0 Å². The minimum absolute atomic E-state index is 0.0924. The summed E-state index contributed by atoms with van der Waals surface area (Å²) in [5.41, 5.74) is 2.28. The van der Waals surface area contributed by atoms with Crippen LogP contribution in [0.5, 0.6) is 11.5 Å². The van der Waals surface area contributed by atoms with Crippen molar-refractivity contribution in [1.82, 2.24) is 9.88 Å². The zero-order valence-electron chi connectivity index (χ0n) is 19.3. The lowest BCUT2D eigenvalue weighted by atomic mass is 10.0. The molecule has 0 saturated carbocycles. The Morgan fingerprint density at radius 1 is 1.12 bits per heavy atom. The third-order valence-electron chi connectivity index (χ3n) is 5.39. The molecule has 1 heterocycles. The van der Waals surface area contributed by atoms with Crippen molar-refractivity contribution in [2.45, 2.75) is 32.7 Å². The van der Waals surface area contributed by atoms with Gasteiger partial charge in [0.1, 0.15) is 20.8 Å². The van der Waals surface area contributed by atoms with Crippen molar-refractivity contribution in [3.05, 3.63) is 74.2 Å². The fourth-order valence-corrected chi connectivity index (χ4v) is 4.90. The highest BCUT2D eigenvalue weighted by Gasteiger charge is 2.23. The smallest absolute Gasteiger partial charge is 0.356 e. The number of benzene rings is 2. The van der Waals surface area contributed by atoms with Crippen LogP contribution in [0.2, 0.25) is 4.34 Å². The molecule has 3 rings (SSSR count). The summed E-state index contributed by atoms with van der Waals surface area (Å²) in [6, 6.07) is 13.5. The summed E-state index contributed by atoms with van der Waals surface area (Å²) in [6.45, 7) is 2.59. The average molecular weight is 503 g/mol. The van der Waals surface area contributed by atoms with Crippen molar-refractivity contribution >= 4 is 34.8 Å². The monoisotopic (exact) mass is 502 g/mol. The maximum absolute atomic E-state index is 13.6. The molecular weight excluding hydrogens is 476 g/mol. The number of aromatic nitrogens is 1. The maximum Gasteiger partial charge on any atom is 0.356 e. The van der Waals surface area contributed by atoms with E-state index in [-0.39, 0.29) is 22.5 Å². The fraction of sp³-hybridized carbons (Fsp3) is 0.320. The van der Waals surface area contributed by atoms with Crippen molar-refractivity contribution in [2.75, 3.05) is 20.8 Å². The SMILES string of the molecule is CCc1c(OC)cc(C(=O)N(CCCc2ccccc2)Cc2nc(C(=O)O)c(Cl)s2)cc1OC. The Labute approximate surface area is 207 Å². The Hall–Kier alpha value is -3.10. The number of aromatic carboxylic acids is 1. The van der Waals surface area contributed by atoms with Gasteiger partial charge in [0.05, 0.1) is 20.8 Å². The Balaban J connectivity index is 1.89. The summed E-state index contributed by atoms with van der Waals surface area (Å²) in [4.78, 5) is 30.7. The summed E-state index contributed by atoms with van der Waals surface area (Å²) >= 11 is 7.12. The van der Waals surface area contributed by atoms with E-state index in [1.54, 1.807) is 31.3 Å². The molecule has 1 amide bonds. The van der Waals surface area contributed by atoms with Crippen molar-refractivity contribution in [3.8, 4) is 11.5 Å². The first-order valence-corrected chi connectivity index (χ1v) is 12.0. The van der Waals surface area contributed by atoms with Crippen LogP contribution in [0.4, 0.5) is 0 Å². The Morgan fingerprint density at radius 2 is 1.76 bits per heavy atom. The van der Waals surface area contributed by atoms with Crippen LogP contribution in [-0.4, -0.2) is 47.6 Å². The van der Waals surface area contributed by atoms with Gasteiger partial charge in [0.2, 0.25) is 0 Å². The number of hydrogen-bond donors (Lipinski definition) is 1. The molecule has 0 unspecified atom stereocenters. The molecule has 7 nitrogen and oxygen atoms in total. The number of carboxylic acids is 1. The predicted octanol–water partition coefficient (Wildman–Crippen LogP) is 5.35. The molecule has 0 aliphatic rings. The summed E-state index contributed by atoms with van der Waals surface area (Å²) in [7, 11) is 3.12. The lowest BCUT2D eigenvalue weighted by molar-refractivity contribution is 0.0691. The summed E-state index contributed by atoms with van der Waals surface area (Å²) in [5.74, 6) is -0.255. The second kappa shape index (κ2) is 11.9. The number of ether oxygens (including phenoxy) is 2. The van der Waals surface area contributed by atoms with Crippen LogP contribution in [0.15, 0.2) is 42.5 Å². The number of amides is 1. The van der Waals surface area contributed by atoms with Crippen LogP contribution in [0.1, 0.15) is 50.3 Å². The second-order valence-corrected chi connectivity index (χ2v) is 9.25. The molecule has 1 aromatic heterocycles. The van der Waals surface area contributed by atoms with E-state index < -0.39 is 5.97 Å². The molecule has 0 spiro atoms. The lowest BCUT2D eigenvalue weighted by Gasteiger charge is -2.23. The highest BCUT2D eigenvalue weighted by Crippen LogP contribution is 2.32. The summed E-state index contributed by atoms with van der Waals surface area (Å²) in [6.07, 6.45) is 2.21. The summed E-state index contributed by atoms with van der Waals surface area (Å²) < 4.78 is 11.1. The number of aryl methyl sites for hydroxylation is 1. The van der Waals surface area contributed by atoms with Crippen LogP contribution in [-0.2, 0) is 19.4 Å². The molecule has 180 valence electrons. The van der Waals surface area contributed by atoms with Gasteiger partial charge >= 0.3 is 5.97 Å². The number of carbonyl (C=O) groups excluding carboxylic acids is 1. The minimum atomic E-state index is -1.20. The zero-order valence-corrected chi connectivity index (χ0v) is 20.9. The largest absolute Gasteiger partial charge is 0.496 e. The molecule has 0 fully saturated rings. The Kier molecular flexibility index (Phi) is 8.90. The van der Waals surface area contributed by atoms with E-state index in [0.717, 1.165) is 29.7 Å². The van der Waals surface area contributed by atoms with E-state index in [1.165, 1.54) is 5.56 Å². The van der Waals surface area contributed by atoms with E-state index in [9.17, 15) is 14.7 Å². The fourth-order valence-electron chi connectivity index (χ4n) is 3.72. The summed E-state index contributed by atoms with van der Waals surface area (Å²) in [5, 5.41) is 9.74. The number of thiazole rings is 1. The van der Waals surface area contributed by atoms with Gasteiger partial charge in [-0.05, 0) is 37.0 Å². The average Bonchev–Trinajstić information content (AvgIpc) is 3.22. The van der Waals surface area contributed by atoms with Gasteiger partial charge in [0.25, 0.3) is 5.91 Å². The molecule has 0 atom stereocenters. The molecule has 0 saturated heterocycles. The predicted molar refractivity (Wildman–Crippen MR) is 133 cm³/mol. The molecule has 9 heteroatoms. The number of halogens is 1. The number of carbonyl (C=O) groups is 2. The van der Waals surface area contributed by atoms with E-state index in [1.807, 2.05) is 37.3 Å². The number of rotatable bonds is 11. The highest BCUT2D eigenvalue weighted by molar-refractivity contribution is 7.16. The number of carboxylic acid groups (broad SMARTS) is 1. The van der Waals surface area contributed by atoms with Crippen LogP contribution in [0.3, 0.4) is 0 Å². The van der Waals surface area contributed by atoms with Crippen molar-refractivity contribution < 1.29 is 24.2 Å². The molecule has 0 aliphatic heterocycles. The lowest BCUT2D eigenvalue weighted by Crippen LogP contribution is -2.32. The second-order valence-electron chi connectivity index (χ2n) is 7.56. The van der Waals surface area contributed by atoms with Gasteiger partial charge in [-0.1, -0.05) is 48.9 Å². The molecular formula is C25H27ClN2O5S. The first-order valence-electron chi connectivity index (χ1n) is 10.8. The Bertz CT molecular complexity index is 1120. The normalized spacial score (nSPS) is 10.7. The minimum Gasteiger partial charge on any atom is -0.496 e. The molecule has 0 aliphatic carbocycles. The van der Waals surface area contributed by atoms with Crippen molar-refractivity contribution in [2.24, 2.45) is 0 Å². The van der Waals surface area contributed by atoms with Crippen LogP contribution >= 0.6 is 22.9 Å². The van der Waals surface area contributed by atoms with Gasteiger partial charge in [-0.15, -0.1) is 11.3 Å². The third kappa shape index (κ3) is 6.07. The quantitative estimate of drug-likeness (QED) is 0.380. The molecule has 0 bridgehead atoms. The van der Waals surface area contributed by atoms with E-state index >= 15 is 0 Å². The molecule has 3 aromatic rings. The van der Waals surface area contributed by atoms with Crippen molar-refractivity contribution in [3.63, 3.8) is 0 Å². The van der Waals surface area contributed by atoms with E-state index in [0.29, 0.717) is 35.0 Å². The maximum atomic E-state index is 13.6. The van der Waals surface area contributed by atoms with Gasteiger partial charge in [0.15, 0.2) is 5.69 Å². The number of methoxy groups -OCH3 is 2. The van der Waals surface area contributed by atoms with Gasteiger partial charge in [-0.25, -0.2) is 9.78 Å². The van der Waals surface area contributed by atoms with Crippen LogP contribution in [0, 0.1) is 0 Å². The van der Waals surface area contributed by atoms with E-state index in [2.05, 4.69) is 4.98 Å². The number of hydrogen-bond acceptors (Lipinski definition) is 6. The third-order valence-corrected chi connectivity index (χ3v) is 6.63. The Morgan fingerprint density at radius 3 is 2.29 bits per heavy atom. The number of nitrogens with zero attached hydrogens (tertiary/aromatic N) is 2. The van der Waals surface area contributed by atoms with Gasteiger partial charge in [-0.3, -0.25) is 4.79 Å². The van der Waals surface area contributed by atoms with E-state index in [4.69, 9.17) is 21.1 Å². The molecule has 2 aromatic carbocycles. The standard InChI is InChI=1S/C25H27ClN2O5S/c1-4-18-19(32-2)13-17(14-20(18)33-3)24(29)28(12-8-11-16-9-6-5-7-10-16)15-21-27-22(25(30)31)23(26)34-21/h5-7,9-10,13-14H,4,8,11-12,15H2,1-3H3,(H,30,31). The van der Waals surface area contributed by atoms with Crippen LogP contribution < -0.4 is 9.47 Å². The molecule has 0 radical (unpaired) electrons. The zero-order chi connectivity index (χ0) is 24.7. The first-order chi connectivity index (χ1) is 16.4. The van der Waals surface area contributed by atoms with Crippen molar-refractivity contribution in [1.29, 1.82) is 0 Å². The first kappa shape index (κ1) is 25.5.